The van der Waals surface area contributed by atoms with Gasteiger partial charge in [-0.05, 0) is 44.2 Å². The number of rotatable bonds is 7. The molecular weight excluding hydrogens is 392 g/mol. The zero-order chi connectivity index (χ0) is 14.5. The minimum absolute atomic E-state index is 0.269. The molecule has 0 N–H and O–H groups in total. The summed E-state index contributed by atoms with van der Waals surface area (Å²) < 4.78 is 24.8. The van der Waals surface area contributed by atoms with E-state index in [4.69, 9.17) is 0 Å². The molecule has 108 valence electrons. The summed E-state index contributed by atoms with van der Waals surface area (Å²) in [5.41, 5.74) is 1.23. The van der Waals surface area contributed by atoms with Crippen LogP contribution in [-0.2, 0) is 16.3 Å². The van der Waals surface area contributed by atoms with Crippen LogP contribution in [0.5, 0.6) is 0 Å². The summed E-state index contributed by atoms with van der Waals surface area (Å²) in [6, 6.07) is 8.10. The molecule has 19 heavy (non-hydrogen) atoms. The van der Waals surface area contributed by atoms with E-state index in [-0.39, 0.29) is 11.0 Å². The first-order valence-corrected chi connectivity index (χ1v) is 10.0. The van der Waals surface area contributed by atoms with Crippen molar-refractivity contribution in [3.05, 3.63) is 34.3 Å². The Hall–Kier alpha value is 0.130. The first-order chi connectivity index (χ1) is 8.86. The normalized spacial score (nSPS) is 13.7. The summed E-state index contributed by atoms with van der Waals surface area (Å²) in [6.07, 6.45) is 1.59. The number of hydrogen-bond acceptors (Lipinski definition) is 2. The average Bonchev–Trinajstić information content (AvgIpc) is 2.36. The monoisotopic (exact) mass is 410 g/mol. The molecule has 0 saturated carbocycles. The Morgan fingerprint density at radius 3 is 2.37 bits per heavy atom. The van der Waals surface area contributed by atoms with Crippen molar-refractivity contribution in [2.24, 2.45) is 5.92 Å². The Labute approximate surface area is 133 Å². The van der Waals surface area contributed by atoms with Crippen molar-refractivity contribution < 1.29 is 8.42 Å². The molecule has 5 heteroatoms. The highest BCUT2D eigenvalue weighted by Crippen LogP contribution is 2.23. The molecule has 1 atom stereocenters. The van der Waals surface area contributed by atoms with Gasteiger partial charge in [0.1, 0.15) is 0 Å². The van der Waals surface area contributed by atoms with Crippen molar-refractivity contribution in [2.75, 3.05) is 11.1 Å². The lowest BCUT2D eigenvalue weighted by atomic mass is 9.99. The van der Waals surface area contributed by atoms with Gasteiger partial charge in [0, 0.05) is 9.80 Å². The molecule has 0 aromatic heterocycles. The molecule has 1 aromatic carbocycles. The molecule has 0 fully saturated rings. The van der Waals surface area contributed by atoms with E-state index in [9.17, 15) is 8.42 Å². The van der Waals surface area contributed by atoms with Crippen molar-refractivity contribution >= 4 is 41.7 Å². The largest absolute Gasteiger partial charge is 0.229 e. The van der Waals surface area contributed by atoms with Crippen LogP contribution in [0.15, 0.2) is 28.7 Å². The molecule has 1 rings (SSSR count). The SMILES string of the molecule is CC(C)S(=O)(=O)CCC(CBr)Cc1ccccc1Br. The Kier molecular flexibility index (Phi) is 7.05. The van der Waals surface area contributed by atoms with Crippen molar-refractivity contribution in [3.8, 4) is 0 Å². The van der Waals surface area contributed by atoms with Gasteiger partial charge in [-0.1, -0.05) is 50.1 Å². The van der Waals surface area contributed by atoms with E-state index in [1.165, 1.54) is 5.56 Å². The maximum atomic E-state index is 11.8. The molecule has 0 heterocycles. The molecule has 0 aliphatic carbocycles. The average molecular weight is 412 g/mol. The van der Waals surface area contributed by atoms with Gasteiger partial charge in [-0.25, -0.2) is 8.42 Å². The maximum Gasteiger partial charge on any atom is 0.152 e. The molecule has 0 spiro atoms. The third-order valence-electron chi connectivity index (χ3n) is 3.21. The van der Waals surface area contributed by atoms with Gasteiger partial charge < -0.3 is 0 Å². The van der Waals surface area contributed by atoms with E-state index in [2.05, 4.69) is 37.9 Å². The molecule has 0 amide bonds. The Morgan fingerprint density at radius 1 is 1.21 bits per heavy atom. The quantitative estimate of drug-likeness (QED) is 0.629. The van der Waals surface area contributed by atoms with Gasteiger partial charge in [0.2, 0.25) is 0 Å². The number of halogens is 2. The van der Waals surface area contributed by atoms with E-state index in [0.29, 0.717) is 12.3 Å². The van der Waals surface area contributed by atoms with Crippen molar-refractivity contribution in [3.63, 3.8) is 0 Å². The van der Waals surface area contributed by atoms with Crippen LogP contribution in [0.4, 0.5) is 0 Å². The van der Waals surface area contributed by atoms with Gasteiger partial charge in [-0.3, -0.25) is 0 Å². The number of hydrogen-bond donors (Lipinski definition) is 0. The Balaban J connectivity index is 2.63. The fourth-order valence-corrected chi connectivity index (χ4v) is 3.91. The molecule has 0 aliphatic heterocycles. The van der Waals surface area contributed by atoms with Crippen LogP contribution in [0, 0.1) is 5.92 Å². The van der Waals surface area contributed by atoms with Crippen molar-refractivity contribution in [2.45, 2.75) is 31.9 Å². The smallest absolute Gasteiger partial charge is 0.152 e. The van der Waals surface area contributed by atoms with E-state index in [0.717, 1.165) is 16.2 Å². The van der Waals surface area contributed by atoms with Crippen LogP contribution < -0.4 is 0 Å². The van der Waals surface area contributed by atoms with Gasteiger partial charge in [0.15, 0.2) is 9.84 Å². The third-order valence-corrected chi connectivity index (χ3v) is 7.14. The van der Waals surface area contributed by atoms with E-state index in [1.807, 2.05) is 18.2 Å². The fraction of sp³-hybridized carbons (Fsp3) is 0.571. The van der Waals surface area contributed by atoms with Gasteiger partial charge >= 0.3 is 0 Å². The second-order valence-corrected chi connectivity index (χ2v) is 9.20. The van der Waals surface area contributed by atoms with Gasteiger partial charge in [0.05, 0.1) is 11.0 Å². The lowest BCUT2D eigenvalue weighted by Crippen LogP contribution is -2.21. The molecule has 0 radical (unpaired) electrons. The zero-order valence-corrected chi connectivity index (χ0v) is 15.3. The molecule has 1 aromatic rings. The minimum Gasteiger partial charge on any atom is -0.229 e. The van der Waals surface area contributed by atoms with E-state index >= 15 is 0 Å². The molecule has 2 nitrogen and oxygen atoms in total. The summed E-state index contributed by atoms with van der Waals surface area (Å²) in [5.74, 6) is 0.609. The predicted octanol–water partition coefficient (Wildman–Crippen LogP) is 4.22. The highest BCUT2D eigenvalue weighted by Gasteiger charge is 2.19. The fourth-order valence-electron chi connectivity index (χ4n) is 1.78. The lowest BCUT2D eigenvalue weighted by molar-refractivity contribution is 0.547. The van der Waals surface area contributed by atoms with Crippen LogP contribution in [0.2, 0.25) is 0 Å². The van der Waals surface area contributed by atoms with Crippen molar-refractivity contribution in [1.29, 1.82) is 0 Å². The highest BCUT2D eigenvalue weighted by molar-refractivity contribution is 9.10. The topological polar surface area (TPSA) is 34.1 Å². The van der Waals surface area contributed by atoms with Crippen LogP contribution in [-0.4, -0.2) is 24.8 Å². The standard InChI is InChI=1S/C14H20Br2O2S/c1-11(2)19(17,18)8-7-12(10-15)9-13-5-3-4-6-14(13)16/h3-6,11-12H,7-10H2,1-2H3. The number of sulfone groups is 1. The van der Waals surface area contributed by atoms with Gasteiger partial charge in [0.25, 0.3) is 0 Å². The van der Waals surface area contributed by atoms with Crippen molar-refractivity contribution in [1.82, 2.24) is 0 Å². The first kappa shape index (κ1) is 17.2. The summed E-state index contributed by atoms with van der Waals surface area (Å²) in [7, 11) is -2.94. The van der Waals surface area contributed by atoms with E-state index in [1.54, 1.807) is 13.8 Å². The van der Waals surface area contributed by atoms with Gasteiger partial charge in [-0.15, -0.1) is 0 Å². The number of benzene rings is 1. The first-order valence-electron chi connectivity index (χ1n) is 6.37. The predicted molar refractivity (Wildman–Crippen MR) is 88.7 cm³/mol. The second-order valence-electron chi connectivity index (χ2n) is 5.02. The van der Waals surface area contributed by atoms with E-state index < -0.39 is 9.84 Å². The minimum atomic E-state index is -2.94. The molecule has 0 bridgehead atoms. The molecular formula is C14H20Br2O2S. The summed E-state index contributed by atoms with van der Waals surface area (Å²) in [4.78, 5) is 0. The zero-order valence-electron chi connectivity index (χ0n) is 11.3. The maximum absolute atomic E-state index is 11.8. The molecule has 1 unspecified atom stereocenters. The van der Waals surface area contributed by atoms with Gasteiger partial charge in [-0.2, -0.15) is 0 Å². The molecule has 0 saturated heterocycles. The summed E-state index contributed by atoms with van der Waals surface area (Å²) in [5, 5.41) is 0.536. The van der Waals surface area contributed by atoms with Crippen LogP contribution in [0.25, 0.3) is 0 Å². The lowest BCUT2D eigenvalue weighted by Gasteiger charge is -2.16. The summed E-state index contributed by atoms with van der Waals surface area (Å²) >= 11 is 7.03. The van der Waals surface area contributed by atoms with Crippen LogP contribution in [0.3, 0.4) is 0 Å². The summed E-state index contributed by atoms with van der Waals surface area (Å²) in [6.45, 7) is 3.48. The van der Waals surface area contributed by atoms with Crippen LogP contribution in [0.1, 0.15) is 25.8 Å². The molecule has 0 aliphatic rings. The third kappa shape index (κ3) is 5.56. The highest BCUT2D eigenvalue weighted by atomic mass is 79.9. The second kappa shape index (κ2) is 7.79. The number of alkyl halides is 1. The van der Waals surface area contributed by atoms with Crippen LogP contribution >= 0.6 is 31.9 Å². The Morgan fingerprint density at radius 2 is 1.84 bits per heavy atom. The Bertz CT molecular complexity index is 498.